The second-order valence-electron chi connectivity index (χ2n) is 21.7. The van der Waals surface area contributed by atoms with Gasteiger partial charge in [-0.15, -0.1) is 0 Å². The lowest BCUT2D eigenvalue weighted by atomic mass is 10.1. The van der Waals surface area contributed by atoms with Gasteiger partial charge in [-0.2, -0.15) is 0 Å². The van der Waals surface area contributed by atoms with E-state index in [0.29, 0.717) is 77.2 Å². The molecular weight excluding hydrogens is 1290 g/mol. The molecule has 10 nitrogen and oxygen atoms in total. The van der Waals surface area contributed by atoms with Gasteiger partial charge in [0.15, 0.2) is 80.2 Å². The number of benzene rings is 10. The summed E-state index contributed by atoms with van der Waals surface area (Å²) in [6.07, 6.45) is 0. The van der Waals surface area contributed by atoms with Crippen molar-refractivity contribution in [3.63, 3.8) is 0 Å². The Kier molecular flexibility index (Phi) is 20.2. The monoisotopic (exact) mass is 1340 g/mol. The molecule has 15 rings (SSSR count). The molecule has 0 aromatic heterocycles. The number of hydrogen-bond acceptors (Lipinski definition) is 10. The van der Waals surface area contributed by atoms with Gasteiger partial charge in [-0.25, -0.2) is 70.2 Å². The first kappa shape index (κ1) is 66.5. The van der Waals surface area contributed by atoms with Crippen molar-refractivity contribution in [2.24, 2.45) is 0 Å². The van der Waals surface area contributed by atoms with Crippen molar-refractivity contribution in [2.75, 3.05) is 58.2 Å². The van der Waals surface area contributed by atoms with E-state index in [2.05, 4.69) is 0 Å². The number of rotatable bonds is 5. The zero-order valence-electron chi connectivity index (χ0n) is 49.6. The van der Waals surface area contributed by atoms with E-state index in [1.165, 1.54) is 83.8 Å². The molecule has 0 saturated heterocycles. The zero-order chi connectivity index (χ0) is 67.9. The summed E-state index contributed by atoms with van der Waals surface area (Å²) >= 11 is 0. The van der Waals surface area contributed by atoms with Crippen molar-refractivity contribution in [1.82, 2.24) is 0 Å². The Hall–Kier alpha value is -10.9. The Morgan fingerprint density at radius 2 is 0.469 bits per heavy atom. The summed E-state index contributed by atoms with van der Waals surface area (Å²) in [4.78, 5) is 8.25. The minimum atomic E-state index is -0.995. The number of halogens is 16. The van der Waals surface area contributed by atoms with Crippen LogP contribution in [0.5, 0.6) is 28.7 Å². The van der Waals surface area contributed by atoms with Gasteiger partial charge in [0.25, 0.3) is 0 Å². The molecule has 0 spiro atoms. The van der Waals surface area contributed by atoms with Crippen LogP contribution in [0.1, 0.15) is 27.8 Å². The van der Waals surface area contributed by atoms with E-state index in [4.69, 9.17) is 23.7 Å². The normalized spacial score (nSPS) is 13.9. The number of hydrogen-bond donors (Lipinski definition) is 0. The second kappa shape index (κ2) is 29.2. The Labute approximate surface area is 537 Å². The van der Waals surface area contributed by atoms with Crippen molar-refractivity contribution in [3.8, 4) is 28.7 Å². The summed E-state index contributed by atoms with van der Waals surface area (Å²) in [7, 11) is 0. The van der Waals surface area contributed by atoms with E-state index < -0.39 is 69.8 Å². The van der Waals surface area contributed by atoms with Gasteiger partial charge in [0.2, 0.25) is 0 Å². The van der Waals surface area contributed by atoms with Crippen LogP contribution in [0.4, 0.5) is 98.7 Å². The molecule has 0 bridgehead atoms. The lowest BCUT2D eigenvalue weighted by molar-refractivity contribution is 0.284. The smallest absolute Gasteiger partial charge is 0.162 e. The van der Waals surface area contributed by atoms with E-state index in [1.807, 2.05) is 4.90 Å². The molecule has 5 aliphatic heterocycles. The summed E-state index contributed by atoms with van der Waals surface area (Å²) in [6.45, 7) is 2.37. The molecule has 0 fully saturated rings. The first-order chi connectivity index (χ1) is 46.1. The van der Waals surface area contributed by atoms with Gasteiger partial charge in [-0.1, -0.05) is 0 Å². The molecule has 5 heterocycles. The van der Waals surface area contributed by atoms with Gasteiger partial charge in [-0.3, -0.25) is 0 Å². The topological polar surface area (TPSA) is 62.3 Å². The molecule has 496 valence electrons. The Balaban J connectivity index is 0.000000122. The first-order valence-corrected chi connectivity index (χ1v) is 28.8. The average molecular weight is 1340 g/mol. The quantitative estimate of drug-likeness (QED) is 0.156. The third kappa shape index (κ3) is 16.0. The molecule has 0 unspecified atom stereocenters. The molecule has 96 heavy (non-hydrogen) atoms. The molecule has 5 aliphatic rings. The number of anilines is 5. The molecule has 0 radical (unpaired) electrons. The predicted octanol–water partition coefficient (Wildman–Crippen LogP) is 17.4. The zero-order valence-corrected chi connectivity index (χ0v) is 49.6. The van der Waals surface area contributed by atoms with Gasteiger partial charge in [-0.05, 0) is 140 Å². The molecule has 0 aliphatic carbocycles. The highest BCUT2D eigenvalue weighted by Gasteiger charge is 2.26. The van der Waals surface area contributed by atoms with Crippen LogP contribution in [0.25, 0.3) is 0 Å². The van der Waals surface area contributed by atoms with E-state index in [-0.39, 0.29) is 86.2 Å². The Bertz CT molecular complexity index is 4480. The maximum absolute atomic E-state index is 13.7. The van der Waals surface area contributed by atoms with Crippen LogP contribution < -0.4 is 48.2 Å². The second-order valence-corrected chi connectivity index (χ2v) is 21.7. The van der Waals surface area contributed by atoms with Crippen LogP contribution >= 0.6 is 0 Å². The Morgan fingerprint density at radius 1 is 0.198 bits per heavy atom. The fourth-order valence-corrected chi connectivity index (χ4v) is 10.4. The predicted molar refractivity (Wildman–Crippen MR) is 322 cm³/mol. The van der Waals surface area contributed by atoms with Gasteiger partial charge >= 0.3 is 0 Å². The van der Waals surface area contributed by atoms with Gasteiger partial charge in [0.05, 0.1) is 24.5 Å². The van der Waals surface area contributed by atoms with E-state index in [0.717, 1.165) is 78.0 Å². The lowest BCUT2D eigenvalue weighted by Crippen LogP contribution is -2.32. The van der Waals surface area contributed by atoms with Gasteiger partial charge in [0, 0.05) is 101 Å². The summed E-state index contributed by atoms with van der Waals surface area (Å²) in [5.74, 6) is -9.29. The number of fused-ring (bicyclic) bond motifs is 5. The standard InChI is InChI=1S/2C14H9F4NO.2C14H10F3NO.C14H11F2NO/c15-9-1-2-13(12(18)4-9)19-6-8-3-10(16)11(17)5-14(8)20-7-19;15-10-2-1-9(4-12(10)17)19-6-8-3-11(16)13(18)5-14(8)20-7-19;15-10-1-4-14-9(5-10)7-18(8-19-14)11-2-3-12(16)13(17)6-11;15-10-2-4-14-9(5-10)7-18(8-19-14)13-3-1-11(16)6-12(13)17;15-11-1-4-13(5-2-11)17-8-10-7-12(16)3-6-14(10)18-9-17/h2*1-5H,6-7H2;2*1-6H,7-8H2;1-7H,8-9H2. The lowest BCUT2D eigenvalue weighted by Gasteiger charge is -2.31. The summed E-state index contributed by atoms with van der Waals surface area (Å²) in [5, 5.41) is 0. The van der Waals surface area contributed by atoms with E-state index in [9.17, 15) is 70.2 Å². The highest BCUT2D eigenvalue weighted by Crippen LogP contribution is 2.36. The highest BCUT2D eigenvalue weighted by molar-refractivity contribution is 5.55. The van der Waals surface area contributed by atoms with Crippen LogP contribution in [0.15, 0.2) is 176 Å². The molecule has 26 heteroatoms. The molecule has 10 aromatic carbocycles. The fraction of sp³-hybridized carbons (Fsp3) is 0.143. The molecule has 10 aromatic rings. The van der Waals surface area contributed by atoms with Crippen LogP contribution in [0, 0.1) is 93.1 Å². The molecule has 0 N–H and O–H groups in total. The maximum Gasteiger partial charge on any atom is 0.162 e. The van der Waals surface area contributed by atoms with E-state index >= 15 is 0 Å². The van der Waals surface area contributed by atoms with E-state index in [1.54, 1.807) is 45.0 Å². The number of nitrogens with zero attached hydrogens (tertiary/aromatic N) is 5. The van der Waals surface area contributed by atoms with Crippen LogP contribution in [0.3, 0.4) is 0 Å². The minimum absolute atomic E-state index is 0.0272. The SMILES string of the molecule is Fc1ccc(N2COc3cc(F)c(F)cc3C2)c(F)c1.Fc1ccc(N2COc3cc(F)c(F)cc3C2)cc1F.Fc1ccc(N2COc3ccc(F)cc3C2)c(F)c1.Fc1ccc(N2COc3ccc(F)cc3C2)cc1.Fc1ccc2c(c1)CN(c1ccc(F)c(F)c1)CO2. The molecular formula is C70H49F16N5O5. The van der Waals surface area contributed by atoms with Crippen LogP contribution in [0.2, 0.25) is 0 Å². The van der Waals surface area contributed by atoms with Crippen molar-refractivity contribution >= 4 is 28.4 Å². The Morgan fingerprint density at radius 3 is 0.833 bits per heavy atom. The minimum Gasteiger partial charge on any atom is -0.473 e. The number of ether oxygens (including phenoxy) is 5. The van der Waals surface area contributed by atoms with Gasteiger partial charge in [0.1, 0.15) is 75.3 Å². The first-order valence-electron chi connectivity index (χ1n) is 28.8. The van der Waals surface area contributed by atoms with Crippen molar-refractivity contribution in [1.29, 1.82) is 0 Å². The molecule has 0 amide bonds. The maximum atomic E-state index is 13.7. The third-order valence-corrected chi connectivity index (χ3v) is 15.2. The molecule has 0 saturated carbocycles. The largest absolute Gasteiger partial charge is 0.473 e. The van der Waals surface area contributed by atoms with Crippen molar-refractivity contribution < 1.29 is 93.9 Å². The average Bonchev–Trinajstić information content (AvgIpc) is 0.883. The van der Waals surface area contributed by atoms with Crippen molar-refractivity contribution in [3.05, 3.63) is 297 Å². The highest BCUT2D eigenvalue weighted by atomic mass is 19.2. The van der Waals surface area contributed by atoms with Crippen molar-refractivity contribution in [2.45, 2.75) is 32.7 Å². The summed E-state index contributed by atoms with van der Waals surface area (Å²) in [6, 6.07) is 36.7. The summed E-state index contributed by atoms with van der Waals surface area (Å²) in [5.41, 5.74) is 5.08. The van der Waals surface area contributed by atoms with Gasteiger partial charge < -0.3 is 48.2 Å². The van der Waals surface area contributed by atoms with Crippen LogP contribution in [-0.4, -0.2) is 33.7 Å². The fourth-order valence-electron chi connectivity index (χ4n) is 10.4. The summed E-state index contributed by atoms with van der Waals surface area (Å²) < 4.78 is 237. The molecule has 0 atom stereocenters. The van der Waals surface area contributed by atoms with Crippen LogP contribution in [-0.2, 0) is 32.7 Å². The third-order valence-electron chi connectivity index (χ3n) is 15.2.